The molecule has 1 saturated carbocycles. The first-order valence-corrected chi connectivity index (χ1v) is 15.7. The molecule has 3 aromatic heterocycles. The van der Waals surface area contributed by atoms with Gasteiger partial charge in [0.15, 0.2) is 0 Å². The summed E-state index contributed by atoms with van der Waals surface area (Å²) in [6, 6.07) is 11.5. The van der Waals surface area contributed by atoms with Gasteiger partial charge >= 0.3 is 5.76 Å². The zero-order valence-electron chi connectivity index (χ0n) is 24.8. The lowest BCUT2D eigenvalue weighted by Gasteiger charge is -2.30. The Morgan fingerprint density at radius 1 is 1.13 bits per heavy atom. The highest BCUT2D eigenvalue weighted by molar-refractivity contribution is 8.00. The number of ether oxygens (including phenoxy) is 1. The molecule has 0 bridgehead atoms. The number of aryl methyl sites for hydroxylation is 1. The summed E-state index contributed by atoms with van der Waals surface area (Å²) in [6.07, 6.45) is 9.74. The zero-order valence-corrected chi connectivity index (χ0v) is 25.6. The van der Waals surface area contributed by atoms with Crippen LogP contribution in [0.25, 0.3) is 33.3 Å². The maximum absolute atomic E-state index is 13.5. The van der Waals surface area contributed by atoms with Gasteiger partial charge in [0.25, 0.3) is 0 Å². The summed E-state index contributed by atoms with van der Waals surface area (Å²) < 4.78 is 52.5. The molecule has 2 aliphatic rings. The molecule has 2 unspecified atom stereocenters. The maximum atomic E-state index is 13.5. The first-order valence-electron chi connectivity index (χ1n) is 14.9. The predicted molar refractivity (Wildman–Crippen MR) is 170 cm³/mol. The third-order valence-electron chi connectivity index (χ3n) is 8.79. The van der Waals surface area contributed by atoms with Gasteiger partial charge in [-0.05, 0) is 69.0 Å². The zero-order chi connectivity index (χ0) is 31.3. The molecule has 1 aliphatic carbocycles. The molecule has 45 heavy (non-hydrogen) atoms. The molecule has 5 aromatic rings. The van der Waals surface area contributed by atoms with E-state index in [1.54, 1.807) is 41.2 Å². The minimum atomic E-state index is -2.63. The number of alkyl halides is 2. The highest BCUT2D eigenvalue weighted by atomic mass is 32.2. The summed E-state index contributed by atoms with van der Waals surface area (Å²) >= 11 is 0.275. The van der Waals surface area contributed by atoms with E-state index in [-0.39, 0.29) is 23.3 Å². The number of rotatable bonds is 9. The molecule has 1 aliphatic heterocycles. The van der Waals surface area contributed by atoms with Gasteiger partial charge < -0.3 is 20.5 Å². The Morgan fingerprint density at radius 2 is 1.93 bits per heavy atom. The maximum Gasteiger partial charge on any atom is 0.302 e. The van der Waals surface area contributed by atoms with E-state index < -0.39 is 11.9 Å². The Morgan fingerprint density at radius 3 is 2.69 bits per heavy atom. The van der Waals surface area contributed by atoms with Gasteiger partial charge in [0.05, 0.1) is 28.8 Å². The molecule has 9 nitrogen and oxygen atoms in total. The molecule has 2 aromatic carbocycles. The predicted octanol–water partition coefficient (Wildman–Crippen LogP) is 7.10. The van der Waals surface area contributed by atoms with Crippen molar-refractivity contribution in [3.05, 3.63) is 72.4 Å². The van der Waals surface area contributed by atoms with Gasteiger partial charge in [0, 0.05) is 53.6 Å². The Bertz CT molecular complexity index is 1850. The summed E-state index contributed by atoms with van der Waals surface area (Å²) in [5.74, 6) is -2.35. The van der Waals surface area contributed by atoms with E-state index in [0.29, 0.717) is 39.9 Å². The van der Waals surface area contributed by atoms with E-state index in [2.05, 4.69) is 25.9 Å². The number of anilines is 2. The van der Waals surface area contributed by atoms with Crippen LogP contribution in [0, 0.1) is 5.82 Å². The molecule has 1 saturated heterocycles. The van der Waals surface area contributed by atoms with Crippen molar-refractivity contribution in [3.8, 4) is 28.1 Å². The van der Waals surface area contributed by atoms with Gasteiger partial charge in [0.1, 0.15) is 29.2 Å². The van der Waals surface area contributed by atoms with Gasteiger partial charge in [-0.3, -0.25) is 9.36 Å². The van der Waals surface area contributed by atoms with E-state index in [1.165, 1.54) is 25.0 Å². The van der Waals surface area contributed by atoms with Crippen LogP contribution >= 0.6 is 11.9 Å². The van der Waals surface area contributed by atoms with Crippen molar-refractivity contribution in [2.75, 3.05) is 17.0 Å². The molecule has 0 radical (unpaired) electrons. The monoisotopic (exact) mass is 634 g/mol. The number of fused-ring (bicyclic) bond motifs is 1. The van der Waals surface area contributed by atoms with Crippen LogP contribution in [0.1, 0.15) is 50.3 Å². The van der Waals surface area contributed by atoms with Crippen molar-refractivity contribution in [3.63, 3.8) is 0 Å². The van der Waals surface area contributed by atoms with E-state index >= 15 is 0 Å². The second-order valence-electron chi connectivity index (χ2n) is 11.8. The highest BCUT2D eigenvalue weighted by Gasteiger charge is 2.46. The Kier molecular flexibility index (Phi) is 7.60. The smallest absolute Gasteiger partial charge is 0.302 e. The van der Waals surface area contributed by atoms with Crippen molar-refractivity contribution in [2.24, 2.45) is 7.05 Å². The van der Waals surface area contributed by atoms with Gasteiger partial charge in [-0.15, -0.1) is 0 Å². The fourth-order valence-electron chi connectivity index (χ4n) is 6.26. The highest BCUT2D eigenvalue weighted by Crippen LogP contribution is 2.46. The second kappa shape index (κ2) is 11.6. The van der Waals surface area contributed by atoms with Crippen molar-refractivity contribution in [1.29, 1.82) is 0 Å². The second-order valence-corrected chi connectivity index (χ2v) is 12.6. The number of hydrogen-bond acceptors (Lipinski definition) is 8. The summed E-state index contributed by atoms with van der Waals surface area (Å²) in [6.45, 7) is 2.80. The lowest BCUT2D eigenvalue weighted by Crippen LogP contribution is -2.40. The molecule has 2 atom stereocenters. The van der Waals surface area contributed by atoms with Gasteiger partial charge in [-0.2, -0.15) is 19.0 Å². The molecule has 13 heteroatoms. The van der Waals surface area contributed by atoms with Crippen LogP contribution in [0.5, 0.6) is 5.75 Å². The average molecular weight is 635 g/mol. The lowest BCUT2D eigenvalue weighted by molar-refractivity contribution is 0.228. The first-order chi connectivity index (χ1) is 21.7. The van der Waals surface area contributed by atoms with Gasteiger partial charge in [0.2, 0.25) is 0 Å². The number of piperidine rings is 1. The summed E-state index contributed by atoms with van der Waals surface area (Å²) in [5, 5.41) is 13.9. The molecule has 4 N–H and O–H groups in total. The Labute approximate surface area is 262 Å². The van der Waals surface area contributed by atoms with Gasteiger partial charge in [-0.25, -0.2) is 9.37 Å². The number of nitrogen functional groups attached to an aromatic ring is 1. The summed E-state index contributed by atoms with van der Waals surface area (Å²) in [4.78, 5) is 4.54. The molecular formula is C32H33F3N8OS. The number of nitrogens with two attached hydrogens (primary N) is 1. The number of halogens is 3. The standard InChI is InChI=1S/C32H33F3N8OS/c1-18(19-3-6-22(33)7-4-19)44-26-13-20(5-8-25(26)41-45-31(34)35)28-27-29(42(2)40-28)24(16-37-30(27)36)21-15-39-43(17-21)23-9-12-38-32(14-23)10-11-32/h3-8,13,15-18,23,31,38,41H,9-12,14H2,1-2H3,(H2,36,37). The fraction of sp³-hybridized carbons (Fsp3) is 0.344. The molecular weight excluding hydrogens is 601 g/mol. The molecule has 7 rings (SSSR count). The van der Waals surface area contributed by atoms with Crippen LogP contribution in [0.2, 0.25) is 0 Å². The lowest BCUT2D eigenvalue weighted by atomic mass is 9.97. The summed E-state index contributed by atoms with van der Waals surface area (Å²) in [5.41, 5.74) is 11.7. The Balaban J connectivity index is 1.25. The number of pyridine rings is 1. The molecule has 4 heterocycles. The van der Waals surface area contributed by atoms with Crippen LogP contribution in [0.3, 0.4) is 0 Å². The van der Waals surface area contributed by atoms with Gasteiger partial charge in [-0.1, -0.05) is 18.2 Å². The molecule has 234 valence electrons. The third kappa shape index (κ3) is 5.82. The SMILES string of the molecule is CC(Oc1cc(-c2nn(C)c3c(-c4cnn(C5CCNC6(CC6)C5)c4)cnc(N)c23)ccc1NSC(F)F)c1ccc(F)cc1. The number of benzene rings is 2. The van der Waals surface area contributed by atoms with Crippen LogP contribution in [0.4, 0.5) is 24.7 Å². The van der Waals surface area contributed by atoms with Crippen molar-refractivity contribution < 1.29 is 17.9 Å². The minimum Gasteiger partial charge on any atom is -0.484 e. The normalized spacial score (nSPS) is 18.0. The fourth-order valence-corrected chi connectivity index (χ4v) is 6.65. The van der Waals surface area contributed by atoms with Crippen molar-refractivity contribution >= 4 is 34.4 Å². The van der Waals surface area contributed by atoms with Crippen LogP contribution in [0.15, 0.2) is 61.1 Å². The van der Waals surface area contributed by atoms with E-state index in [0.717, 1.165) is 41.6 Å². The number of hydrogen-bond donors (Lipinski definition) is 3. The molecule has 0 amide bonds. The number of nitrogens with one attached hydrogen (secondary N) is 2. The number of aromatic nitrogens is 5. The topological polar surface area (TPSA) is 108 Å². The Hall–Kier alpha value is -4.23. The van der Waals surface area contributed by atoms with E-state index in [1.807, 2.05) is 20.2 Å². The number of nitrogens with zero attached hydrogens (tertiary/aromatic N) is 5. The van der Waals surface area contributed by atoms with Crippen LogP contribution in [-0.4, -0.2) is 42.4 Å². The van der Waals surface area contributed by atoms with E-state index in [9.17, 15) is 13.2 Å². The molecule has 1 spiro atoms. The summed E-state index contributed by atoms with van der Waals surface area (Å²) in [7, 11) is 1.85. The van der Waals surface area contributed by atoms with Crippen molar-refractivity contribution in [2.45, 2.75) is 56.0 Å². The third-order valence-corrected chi connectivity index (χ3v) is 9.31. The first kappa shape index (κ1) is 29.5. The molecule has 2 fully saturated rings. The largest absolute Gasteiger partial charge is 0.484 e. The average Bonchev–Trinajstić information content (AvgIpc) is 3.42. The quantitative estimate of drug-likeness (QED) is 0.148. The minimum absolute atomic E-state index is 0.275. The van der Waals surface area contributed by atoms with Crippen LogP contribution in [-0.2, 0) is 7.05 Å². The van der Waals surface area contributed by atoms with Crippen LogP contribution < -0.4 is 20.5 Å². The van der Waals surface area contributed by atoms with Crippen molar-refractivity contribution in [1.82, 2.24) is 29.9 Å². The van der Waals surface area contributed by atoms with E-state index in [4.69, 9.17) is 20.7 Å².